The fraction of sp³-hybridized carbons (Fsp3) is 0.600. The average Bonchev–Trinajstić information content (AvgIpc) is 3.04. The Morgan fingerprint density at radius 3 is 0.569 bits per heavy atom. The van der Waals surface area contributed by atoms with Crippen LogP contribution in [0.25, 0.3) is 0 Å². The maximum atomic E-state index is 8.98. The molecular weight excluding hydrogens is 617 g/mol. The second-order valence-corrected chi connectivity index (χ2v) is 15.8. The van der Waals surface area contributed by atoms with E-state index in [0.717, 1.165) is 64.2 Å². The highest BCUT2D eigenvalue weighted by atomic mass is 16.2. The summed E-state index contributed by atoms with van der Waals surface area (Å²) < 4.78 is 0. The Bertz CT molecular complexity index is 1260. The molecule has 0 bridgehead atoms. The molecule has 0 fully saturated rings. The van der Waals surface area contributed by atoms with Gasteiger partial charge in [-0.25, -0.2) is 0 Å². The van der Waals surface area contributed by atoms with Crippen LogP contribution in [0.2, 0.25) is 0 Å². The van der Waals surface area contributed by atoms with E-state index in [-0.39, 0.29) is 6.61 Å². The monoisotopic (exact) mass is 699 g/mol. The molecule has 0 amide bonds. The minimum absolute atomic E-state index is 0.150. The second-order valence-electron chi connectivity index (χ2n) is 15.8. The van der Waals surface area contributed by atoms with Crippen LogP contribution in [-0.4, -0.2) is 11.7 Å². The lowest BCUT2D eigenvalue weighted by molar-refractivity contribution is 0.341. The minimum Gasteiger partial charge on any atom is -0.392 e. The molecule has 1 heteroatoms. The third-order valence-corrected chi connectivity index (χ3v) is 9.78. The molecule has 0 saturated carbocycles. The molecule has 0 unspecified atom stereocenters. The molecule has 0 rings (SSSR count). The van der Waals surface area contributed by atoms with Gasteiger partial charge in [0.15, 0.2) is 0 Å². The van der Waals surface area contributed by atoms with Crippen molar-refractivity contribution in [1.29, 1.82) is 0 Å². The van der Waals surface area contributed by atoms with E-state index >= 15 is 0 Å². The molecule has 0 aromatic rings. The first-order valence-electron chi connectivity index (χ1n) is 20.5. The number of allylic oxidation sites excluding steroid dienone is 19. The zero-order chi connectivity index (χ0) is 38.3. The van der Waals surface area contributed by atoms with E-state index in [1.54, 1.807) is 0 Å². The lowest BCUT2D eigenvalue weighted by Crippen LogP contribution is -1.84. The molecule has 0 heterocycles. The zero-order valence-electron chi connectivity index (χ0n) is 35.7. The first-order valence-corrected chi connectivity index (χ1v) is 20.5. The van der Waals surface area contributed by atoms with Gasteiger partial charge in [0.1, 0.15) is 0 Å². The summed E-state index contributed by atoms with van der Waals surface area (Å²) >= 11 is 0. The van der Waals surface area contributed by atoms with Crippen molar-refractivity contribution in [3.05, 3.63) is 116 Å². The fourth-order valence-corrected chi connectivity index (χ4v) is 6.03. The smallest absolute Gasteiger partial charge is 0.0614 e. The summed E-state index contributed by atoms with van der Waals surface area (Å²) in [5, 5.41) is 8.98. The van der Waals surface area contributed by atoms with Gasteiger partial charge < -0.3 is 5.11 Å². The summed E-state index contributed by atoms with van der Waals surface area (Å²) in [4.78, 5) is 0. The molecule has 0 aliphatic rings. The van der Waals surface area contributed by atoms with Crippen molar-refractivity contribution in [3.63, 3.8) is 0 Å². The van der Waals surface area contributed by atoms with Gasteiger partial charge in [-0.2, -0.15) is 0 Å². The first kappa shape index (κ1) is 48.4. The van der Waals surface area contributed by atoms with Crippen molar-refractivity contribution < 1.29 is 5.11 Å². The first-order chi connectivity index (χ1) is 24.3. The Hall–Kier alpha value is -2.64. The molecule has 0 aliphatic heterocycles. The van der Waals surface area contributed by atoms with Crippen molar-refractivity contribution in [3.8, 4) is 0 Å². The molecule has 0 saturated heterocycles. The van der Waals surface area contributed by atoms with Crippen molar-refractivity contribution in [2.45, 2.75) is 192 Å². The summed E-state index contributed by atoms with van der Waals surface area (Å²) in [6.45, 7) is 24.9. The van der Waals surface area contributed by atoms with Crippen molar-refractivity contribution in [2.75, 3.05) is 6.61 Å². The third kappa shape index (κ3) is 33.0. The average molecular weight is 699 g/mol. The van der Waals surface area contributed by atoms with E-state index in [1.165, 1.54) is 107 Å². The normalized spacial score (nSPS) is 14.9. The van der Waals surface area contributed by atoms with Gasteiger partial charge in [-0.3, -0.25) is 0 Å². The summed E-state index contributed by atoms with van der Waals surface area (Å²) in [7, 11) is 0. The molecule has 0 atom stereocenters. The van der Waals surface area contributed by atoms with Crippen LogP contribution in [0.4, 0.5) is 0 Å². The van der Waals surface area contributed by atoms with E-state index in [0.29, 0.717) is 0 Å². The fourth-order valence-electron chi connectivity index (χ4n) is 6.03. The molecule has 0 spiro atoms. The largest absolute Gasteiger partial charge is 0.392 e. The number of hydrogen-bond acceptors (Lipinski definition) is 1. The number of rotatable bonds is 28. The standard InChI is InChI=1S/C50H82O/c1-41(2)21-12-22-42(3)23-13-24-43(4)25-14-26-44(5)27-15-28-45(6)29-16-30-46(7)31-17-32-47(8)33-18-34-48(9)35-19-36-49(10)37-20-38-50(11)39-40-51/h21,23,25,27,29,31,33,35,37,39,51H,12-20,22,24,26,28,30,32,34,36,38,40H2,1-11H3/b42-23+,43-25-,44-27+,45-29+,46-31-,47-33+,48-35+,49-37-,50-39-. The molecule has 0 aliphatic carbocycles. The Balaban J connectivity index is 4.24. The Kier molecular flexibility index (Phi) is 30.4. The van der Waals surface area contributed by atoms with Gasteiger partial charge in [-0.05, 0) is 192 Å². The highest BCUT2D eigenvalue weighted by molar-refractivity contribution is 5.11. The number of aliphatic hydroxyl groups is 1. The van der Waals surface area contributed by atoms with Crippen molar-refractivity contribution >= 4 is 0 Å². The van der Waals surface area contributed by atoms with Crippen LogP contribution in [-0.2, 0) is 0 Å². The van der Waals surface area contributed by atoms with Crippen LogP contribution in [0.5, 0.6) is 0 Å². The van der Waals surface area contributed by atoms with Gasteiger partial charge in [0.25, 0.3) is 0 Å². The molecule has 0 radical (unpaired) electrons. The van der Waals surface area contributed by atoms with Crippen LogP contribution in [0.3, 0.4) is 0 Å². The van der Waals surface area contributed by atoms with Gasteiger partial charge in [0.05, 0.1) is 6.61 Å². The molecule has 0 aromatic carbocycles. The predicted molar refractivity (Wildman–Crippen MR) is 233 cm³/mol. The molecule has 1 N–H and O–H groups in total. The van der Waals surface area contributed by atoms with E-state index in [2.05, 4.69) is 131 Å². The predicted octanol–water partition coefficient (Wildman–Crippen LogP) is 16.5. The van der Waals surface area contributed by atoms with E-state index in [9.17, 15) is 0 Å². The zero-order valence-corrected chi connectivity index (χ0v) is 35.7. The van der Waals surface area contributed by atoms with Gasteiger partial charge in [-0.15, -0.1) is 0 Å². The Morgan fingerprint density at radius 1 is 0.255 bits per heavy atom. The lowest BCUT2D eigenvalue weighted by atomic mass is 10.0. The quantitative estimate of drug-likeness (QED) is 0.0807. The van der Waals surface area contributed by atoms with Crippen LogP contribution >= 0.6 is 0 Å². The van der Waals surface area contributed by atoms with Gasteiger partial charge in [0.2, 0.25) is 0 Å². The topological polar surface area (TPSA) is 20.2 Å². The molecular formula is C50H82O. The number of hydrogen-bond donors (Lipinski definition) is 1. The summed E-state index contributed by atoms with van der Waals surface area (Å²) in [5.41, 5.74) is 14.8. The summed E-state index contributed by atoms with van der Waals surface area (Å²) in [6, 6.07) is 0. The van der Waals surface area contributed by atoms with Crippen LogP contribution in [0.15, 0.2) is 116 Å². The highest BCUT2D eigenvalue weighted by Crippen LogP contribution is 2.18. The van der Waals surface area contributed by atoms with Crippen LogP contribution in [0.1, 0.15) is 192 Å². The van der Waals surface area contributed by atoms with Gasteiger partial charge >= 0.3 is 0 Å². The Labute approximate surface area is 319 Å². The van der Waals surface area contributed by atoms with E-state index in [4.69, 9.17) is 5.11 Å². The second kappa shape index (κ2) is 32.0. The van der Waals surface area contributed by atoms with E-state index < -0.39 is 0 Å². The number of aliphatic hydroxyl groups excluding tert-OH is 1. The maximum absolute atomic E-state index is 8.98. The van der Waals surface area contributed by atoms with Crippen LogP contribution in [0, 0.1) is 0 Å². The van der Waals surface area contributed by atoms with E-state index in [1.807, 2.05) is 6.08 Å². The molecule has 288 valence electrons. The molecule has 51 heavy (non-hydrogen) atoms. The van der Waals surface area contributed by atoms with Gasteiger partial charge in [0, 0.05) is 0 Å². The lowest BCUT2D eigenvalue weighted by Gasteiger charge is -2.04. The van der Waals surface area contributed by atoms with Crippen LogP contribution < -0.4 is 0 Å². The summed E-state index contributed by atoms with van der Waals surface area (Å²) in [6.07, 6.45) is 44.5. The van der Waals surface area contributed by atoms with Gasteiger partial charge in [-0.1, -0.05) is 116 Å². The van der Waals surface area contributed by atoms with Crippen molar-refractivity contribution in [2.24, 2.45) is 0 Å². The molecule has 0 aromatic heterocycles. The Morgan fingerprint density at radius 2 is 0.412 bits per heavy atom. The molecule has 1 nitrogen and oxygen atoms in total. The SMILES string of the molecule is CC(C)=CCC/C(C)=C/CC/C(C)=C\CC/C(C)=C/CC/C(C)=C/CC/C(C)=C\CC/C(C)=C/CC/C(C)=C/CC/C(C)=C\CC/C(C)=C\CO. The maximum Gasteiger partial charge on any atom is 0.0614 e. The highest BCUT2D eigenvalue weighted by Gasteiger charge is 1.98. The van der Waals surface area contributed by atoms with Crippen molar-refractivity contribution in [1.82, 2.24) is 0 Å². The third-order valence-electron chi connectivity index (χ3n) is 9.78. The summed E-state index contributed by atoms with van der Waals surface area (Å²) in [5.74, 6) is 0. The minimum atomic E-state index is 0.150.